The molecular formula is C19H34N2O4. The summed E-state index contributed by atoms with van der Waals surface area (Å²) in [5.74, 6) is -0.191. The summed E-state index contributed by atoms with van der Waals surface area (Å²) in [5, 5.41) is 0. The smallest absolute Gasteiger partial charge is 0.222 e. The SMILES string of the molecule is CCC(=O)CN(CCN(CC(=O)C(C)C)C(=O)CC)CC(=O)C(C)C. The maximum absolute atomic E-state index is 12.1. The zero-order chi connectivity index (χ0) is 19.6. The highest BCUT2D eigenvalue weighted by Gasteiger charge is 2.21. The van der Waals surface area contributed by atoms with Crippen LogP contribution in [0.5, 0.6) is 0 Å². The predicted octanol–water partition coefficient (Wildman–Crippen LogP) is 1.96. The second kappa shape index (κ2) is 11.9. The molecule has 0 fully saturated rings. The van der Waals surface area contributed by atoms with Crippen molar-refractivity contribution in [1.29, 1.82) is 0 Å². The maximum atomic E-state index is 12.1. The van der Waals surface area contributed by atoms with Crippen molar-refractivity contribution in [2.45, 2.75) is 54.4 Å². The molecule has 0 aliphatic heterocycles. The van der Waals surface area contributed by atoms with E-state index in [0.717, 1.165) is 0 Å². The molecule has 0 atom stereocenters. The monoisotopic (exact) mass is 354 g/mol. The zero-order valence-electron chi connectivity index (χ0n) is 16.6. The Labute approximate surface area is 151 Å². The van der Waals surface area contributed by atoms with E-state index in [1.54, 1.807) is 18.7 Å². The van der Waals surface area contributed by atoms with Crippen LogP contribution in [0.4, 0.5) is 0 Å². The third-order valence-electron chi connectivity index (χ3n) is 4.15. The van der Waals surface area contributed by atoms with Gasteiger partial charge in [-0.2, -0.15) is 0 Å². The molecule has 0 aliphatic rings. The van der Waals surface area contributed by atoms with Gasteiger partial charge in [0, 0.05) is 37.8 Å². The Morgan fingerprint density at radius 1 is 0.720 bits per heavy atom. The molecule has 25 heavy (non-hydrogen) atoms. The average Bonchev–Trinajstić information content (AvgIpc) is 2.56. The van der Waals surface area contributed by atoms with Gasteiger partial charge in [0.05, 0.1) is 19.6 Å². The van der Waals surface area contributed by atoms with E-state index in [0.29, 0.717) is 25.9 Å². The molecule has 1 amide bonds. The van der Waals surface area contributed by atoms with Crippen molar-refractivity contribution in [2.24, 2.45) is 11.8 Å². The van der Waals surface area contributed by atoms with Gasteiger partial charge >= 0.3 is 0 Å². The first-order chi connectivity index (χ1) is 11.6. The van der Waals surface area contributed by atoms with Crippen molar-refractivity contribution >= 4 is 23.3 Å². The summed E-state index contributed by atoms with van der Waals surface area (Å²) in [6.07, 6.45) is 0.736. The minimum Gasteiger partial charge on any atom is -0.334 e. The number of Topliss-reactive ketones (excluding diaryl/α,β-unsaturated/α-hetero) is 3. The van der Waals surface area contributed by atoms with Gasteiger partial charge in [0.25, 0.3) is 0 Å². The van der Waals surface area contributed by atoms with Crippen LogP contribution >= 0.6 is 0 Å². The van der Waals surface area contributed by atoms with Crippen molar-refractivity contribution in [3.05, 3.63) is 0 Å². The summed E-state index contributed by atoms with van der Waals surface area (Å²) < 4.78 is 0. The predicted molar refractivity (Wildman–Crippen MR) is 98.3 cm³/mol. The van der Waals surface area contributed by atoms with Crippen molar-refractivity contribution < 1.29 is 19.2 Å². The number of ketones is 3. The van der Waals surface area contributed by atoms with Crippen molar-refractivity contribution in [1.82, 2.24) is 9.80 Å². The van der Waals surface area contributed by atoms with Crippen LogP contribution in [0.15, 0.2) is 0 Å². The summed E-state index contributed by atoms with van der Waals surface area (Å²) in [7, 11) is 0. The molecule has 0 saturated heterocycles. The van der Waals surface area contributed by atoms with E-state index in [1.807, 2.05) is 27.7 Å². The molecule has 0 N–H and O–H groups in total. The van der Waals surface area contributed by atoms with Gasteiger partial charge in [0.2, 0.25) is 5.91 Å². The molecule has 0 saturated carbocycles. The lowest BCUT2D eigenvalue weighted by atomic mass is 10.1. The summed E-state index contributed by atoms with van der Waals surface area (Å²) in [6.45, 7) is 12.0. The molecule has 0 rings (SSSR count). The van der Waals surface area contributed by atoms with E-state index in [1.165, 1.54) is 4.90 Å². The van der Waals surface area contributed by atoms with Crippen LogP contribution in [0, 0.1) is 11.8 Å². The van der Waals surface area contributed by atoms with Gasteiger partial charge in [0.15, 0.2) is 5.78 Å². The molecule has 0 unspecified atom stereocenters. The minimum atomic E-state index is -0.132. The molecule has 0 aliphatic carbocycles. The van der Waals surface area contributed by atoms with Crippen molar-refractivity contribution in [3.63, 3.8) is 0 Å². The second-order valence-electron chi connectivity index (χ2n) is 7.01. The fourth-order valence-corrected chi connectivity index (χ4v) is 2.13. The Morgan fingerprint density at radius 2 is 1.24 bits per heavy atom. The van der Waals surface area contributed by atoms with E-state index in [2.05, 4.69) is 0 Å². The van der Waals surface area contributed by atoms with Crippen LogP contribution < -0.4 is 0 Å². The Kier molecular flexibility index (Phi) is 11.2. The first-order valence-electron chi connectivity index (χ1n) is 9.19. The van der Waals surface area contributed by atoms with Gasteiger partial charge < -0.3 is 4.90 Å². The highest BCUT2D eigenvalue weighted by atomic mass is 16.2. The molecule has 0 aromatic rings. The summed E-state index contributed by atoms with van der Waals surface area (Å²) >= 11 is 0. The lowest BCUT2D eigenvalue weighted by Gasteiger charge is -2.27. The van der Waals surface area contributed by atoms with Gasteiger partial charge in [-0.25, -0.2) is 0 Å². The summed E-state index contributed by atoms with van der Waals surface area (Å²) in [4.78, 5) is 51.2. The number of hydrogen-bond donors (Lipinski definition) is 0. The van der Waals surface area contributed by atoms with Gasteiger partial charge in [-0.3, -0.25) is 24.1 Å². The van der Waals surface area contributed by atoms with E-state index in [4.69, 9.17) is 0 Å². The topological polar surface area (TPSA) is 74.8 Å². The summed E-state index contributed by atoms with van der Waals surface area (Å²) in [5.41, 5.74) is 0. The number of nitrogens with zero attached hydrogens (tertiary/aromatic N) is 2. The first kappa shape index (κ1) is 23.4. The third-order valence-corrected chi connectivity index (χ3v) is 4.15. The molecule has 0 aromatic carbocycles. The number of hydrogen-bond acceptors (Lipinski definition) is 5. The largest absolute Gasteiger partial charge is 0.334 e. The molecular weight excluding hydrogens is 320 g/mol. The Morgan fingerprint density at radius 3 is 1.68 bits per heavy atom. The van der Waals surface area contributed by atoms with Crippen LogP contribution in [0.1, 0.15) is 54.4 Å². The second-order valence-corrected chi connectivity index (χ2v) is 7.01. The van der Waals surface area contributed by atoms with Gasteiger partial charge in [-0.1, -0.05) is 41.5 Å². The first-order valence-corrected chi connectivity index (χ1v) is 9.19. The molecule has 6 nitrogen and oxygen atoms in total. The Balaban J connectivity index is 4.96. The molecule has 0 heterocycles. The normalized spacial score (nSPS) is 11.2. The highest BCUT2D eigenvalue weighted by Crippen LogP contribution is 2.04. The van der Waals surface area contributed by atoms with Crippen LogP contribution in [-0.2, 0) is 19.2 Å². The highest BCUT2D eigenvalue weighted by molar-refractivity contribution is 5.87. The van der Waals surface area contributed by atoms with Gasteiger partial charge in [0.1, 0.15) is 11.6 Å². The van der Waals surface area contributed by atoms with Crippen LogP contribution in [0.3, 0.4) is 0 Å². The van der Waals surface area contributed by atoms with Crippen LogP contribution in [-0.4, -0.2) is 65.8 Å². The standard InChI is InChI=1S/C19H34N2O4/c1-7-16(22)11-20(12-17(23)14(3)4)9-10-21(19(25)8-2)13-18(24)15(5)6/h14-15H,7-13H2,1-6H3. The molecule has 144 valence electrons. The van der Waals surface area contributed by atoms with Crippen LogP contribution in [0.25, 0.3) is 0 Å². The molecule has 0 bridgehead atoms. The molecule has 0 radical (unpaired) electrons. The van der Waals surface area contributed by atoms with E-state index in [9.17, 15) is 19.2 Å². The van der Waals surface area contributed by atoms with Crippen molar-refractivity contribution in [2.75, 3.05) is 32.7 Å². The molecule has 0 spiro atoms. The van der Waals surface area contributed by atoms with E-state index in [-0.39, 0.29) is 54.7 Å². The maximum Gasteiger partial charge on any atom is 0.222 e. The van der Waals surface area contributed by atoms with Crippen LogP contribution in [0.2, 0.25) is 0 Å². The lowest BCUT2D eigenvalue weighted by Crippen LogP contribution is -2.44. The van der Waals surface area contributed by atoms with Crippen molar-refractivity contribution in [3.8, 4) is 0 Å². The Hall–Kier alpha value is -1.56. The third kappa shape index (κ3) is 9.48. The fraction of sp³-hybridized carbons (Fsp3) is 0.789. The van der Waals surface area contributed by atoms with Gasteiger partial charge in [-0.05, 0) is 0 Å². The van der Waals surface area contributed by atoms with Gasteiger partial charge in [-0.15, -0.1) is 0 Å². The van der Waals surface area contributed by atoms with E-state index < -0.39 is 0 Å². The number of carbonyl (C=O) groups is 4. The number of carbonyl (C=O) groups excluding carboxylic acids is 4. The molecule has 0 aromatic heterocycles. The quantitative estimate of drug-likeness (QED) is 0.505. The minimum absolute atomic E-state index is 0.0104. The Bertz CT molecular complexity index is 472. The lowest BCUT2D eigenvalue weighted by molar-refractivity contribution is -0.136. The van der Waals surface area contributed by atoms with E-state index >= 15 is 0 Å². The average molecular weight is 354 g/mol. The summed E-state index contributed by atoms with van der Waals surface area (Å²) in [6, 6.07) is 0. The number of rotatable bonds is 13. The fourth-order valence-electron chi connectivity index (χ4n) is 2.13. The molecule has 6 heteroatoms. The zero-order valence-corrected chi connectivity index (χ0v) is 16.6. The number of amides is 1.